The van der Waals surface area contributed by atoms with Crippen LogP contribution in [0.1, 0.15) is 0 Å². The van der Waals surface area contributed by atoms with Gasteiger partial charge in [0.2, 0.25) is 0 Å². The van der Waals surface area contributed by atoms with Crippen LogP contribution < -0.4 is 15.8 Å². The number of aromatic nitrogens is 1. The summed E-state index contributed by atoms with van der Waals surface area (Å²) in [5.41, 5.74) is 6.46. The molecule has 0 amide bonds. The predicted octanol–water partition coefficient (Wildman–Crippen LogP) is 3.32. The van der Waals surface area contributed by atoms with Gasteiger partial charge in [-0.05, 0) is 34.1 Å². The van der Waals surface area contributed by atoms with E-state index in [-0.39, 0.29) is 5.69 Å². The largest absolute Gasteiger partial charge is 0.497 e. The normalized spacial score (nSPS) is 10.2. The Morgan fingerprint density at radius 1 is 1.39 bits per heavy atom. The SMILES string of the molecule is COc1ccc(F)c(Nc2ncc(Br)cc2N)c1. The zero-order chi connectivity index (χ0) is 13.1. The van der Waals surface area contributed by atoms with Gasteiger partial charge in [0.25, 0.3) is 0 Å². The Bertz CT molecular complexity index is 577. The molecular formula is C12H11BrFN3O. The highest BCUT2D eigenvalue weighted by atomic mass is 79.9. The molecule has 1 heterocycles. The molecule has 4 nitrogen and oxygen atoms in total. The lowest BCUT2D eigenvalue weighted by atomic mass is 10.2. The summed E-state index contributed by atoms with van der Waals surface area (Å²) in [6.45, 7) is 0. The maximum Gasteiger partial charge on any atom is 0.153 e. The van der Waals surface area contributed by atoms with Gasteiger partial charge < -0.3 is 15.8 Å². The minimum absolute atomic E-state index is 0.260. The molecule has 0 bridgehead atoms. The lowest BCUT2D eigenvalue weighted by Gasteiger charge is -2.10. The first kappa shape index (κ1) is 12.6. The third-order valence-electron chi connectivity index (χ3n) is 2.31. The van der Waals surface area contributed by atoms with E-state index in [0.29, 0.717) is 17.3 Å². The third-order valence-corrected chi connectivity index (χ3v) is 2.74. The predicted molar refractivity (Wildman–Crippen MR) is 72.6 cm³/mol. The fourth-order valence-corrected chi connectivity index (χ4v) is 1.76. The molecule has 6 heteroatoms. The maximum atomic E-state index is 13.6. The molecule has 0 atom stereocenters. The monoisotopic (exact) mass is 311 g/mol. The molecule has 3 N–H and O–H groups in total. The van der Waals surface area contributed by atoms with Crippen LogP contribution in [0.5, 0.6) is 5.75 Å². The molecule has 94 valence electrons. The molecule has 2 rings (SSSR count). The van der Waals surface area contributed by atoms with Crippen molar-refractivity contribution in [3.05, 3.63) is 40.8 Å². The van der Waals surface area contributed by atoms with E-state index in [1.54, 1.807) is 24.4 Å². The van der Waals surface area contributed by atoms with Crippen LogP contribution in [0, 0.1) is 5.82 Å². The van der Waals surface area contributed by atoms with E-state index in [9.17, 15) is 4.39 Å². The summed E-state index contributed by atoms with van der Waals surface area (Å²) in [6.07, 6.45) is 1.58. The van der Waals surface area contributed by atoms with Gasteiger partial charge in [-0.1, -0.05) is 0 Å². The Hall–Kier alpha value is -1.82. The van der Waals surface area contributed by atoms with Crippen LogP contribution in [0.15, 0.2) is 34.9 Å². The Labute approximate surface area is 112 Å². The molecule has 0 spiro atoms. The number of ether oxygens (including phenoxy) is 1. The number of anilines is 3. The molecule has 1 aromatic carbocycles. The van der Waals surface area contributed by atoms with Crippen LogP contribution in [0.3, 0.4) is 0 Å². The summed E-state index contributed by atoms with van der Waals surface area (Å²) in [5, 5.41) is 2.83. The molecule has 0 unspecified atom stereocenters. The number of hydrogen-bond donors (Lipinski definition) is 2. The van der Waals surface area contributed by atoms with Crippen LogP contribution in [-0.4, -0.2) is 12.1 Å². The van der Waals surface area contributed by atoms with E-state index >= 15 is 0 Å². The first-order valence-electron chi connectivity index (χ1n) is 5.11. The number of rotatable bonds is 3. The number of nitrogen functional groups attached to an aromatic ring is 1. The molecule has 2 aromatic rings. The molecule has 0 aliphatic carbocycles. The zero-order valence-corrected chi connectivity index (χ0v) is 11.2. The fourth-order valence-electron chi connectivity index (χ4n) is 1.41. The molecule has 0 saturated heterocycles. The van der Waals surface area contributed by atoms with Crippen molar-refractivity contribution in [2.24, 2.45) is 0 Å². The Morgan fingerprint density at radius 3 is 2.83 bits per heavy atom. The molecule has 18 heavy (non-hydrogen) atoms. The summed E-state index contributed by atoms with van der Waals surface area (Å²) in [5.74, 6) is 0.542. The van der Waals surface area contributed by atoms with Gasteiger partial charge in [0.15, 0.2) is 5.82 Å². The number of hydrogen-bond acceptors (Lipinski definition) is 4. The summed E-state index contributed by atoms with van der Waals surface area (Å²) >= 11 is 3.25. The number of pyridine rings is 1. The molecule has 0 aliphatic rings. The third kappa shape index (κ3) is 2.70. The summed E-state index contributed by atoms with van der Waals surface area (Å²) < 4.78 is 19.4. The highest BCUT2D eigenvalue weighted by Gasteiger charge is 2.07. The van der Waals surface area contributed by atoms with E-state index < -0.39 is 5.82 Å². The topological polar surface area (TPSA) is 60.2 Å². The van der Waals surface area contributed by atoms with Crippen LogP contribution in [0.25, 0.3) is 0 Å². The standard InChI is InChI=1S/C12H11BrFN3O/c1-18-8-2-3-9(14)11(5-8)17-12-10(15)4-7(13)6-16-12/h2-6H,15H2,1H3,(H,16,17). The first-order valence-corrected chi connectivity index (χ1v) is 5.91. The number of nitrogens with zero attached hydrogens (tertiary/aromatic N) is 1. The smallest absolute Gasteiger partial charge is 0.153 e. The quantitative estimate of drug-likeness (QED) is 0.913. The van der Waals surface area contributed by atoms with Gasteiger partial charge in [0.1, 0.15) is 11.6 Å². The fraction of sp³-hybridized carbons (Fsp3) is 0.0833. The maximum absolute atomic E-state index is 13.6. The summed E-state index contributed by atoms with van der Waals surface area (Å²) in [7, 11) is 1.52. The molecule has 0 aliphatic heterocycles. The van der Waals surface area contributed by atoms with Crippen molar-refractivity contribution >= 4 is 33.1 Å². The van der Waals surface area contributed by atoms with E-state index in [2.05, 4.69) is 26.2 Å². The van der Waals surface area contributed by atoms with Gasteiger partial charge in [0, 0.05) is 16.7 Å². The van der Waals surface area contributed by atoms with Crippen molar-refractivity contribution < 1.29 is 9.13 Å². The summed E-state index contributed by atoms with van der Waals surface area (Å²) in [4.78, 5) is 4.08. The Kier molecular flexibility index (Phi) is 3.66. The van der Waals surface area contributed by atoms with E-state index in [1.807, 2.05) is 0 Å². The number of halogens is 2. The van der Waals surface area contributed by atoms with Crippen molar-refractivity contribution in [1.82, 2.24) is 4.98 Å². The number of nitrogens with two attached hydrogens (primary N) is 1. The molecule has 0 saturated carbocycles. The van der Waals surface area contributed by atoms with Gasteiger partial charge in [-0.3, -0.25) is 0 Å². The van der Waals surface area contributed by atoms with Crippen molar-refractivity contribution in [3.8, 4) is 5.75 Å². The second-order valence-electron chi connectivity index (χ2n) is 3.56. The molecule has 1 aromatic heterocycles. The second-order valence-corrected chi connectivity index (χ2v) is 4.48. The van der Waals surface area contributed by atoms with Crippen LogP contribution in [0.4, 0.5) is 21.6 Å². The number of benzene rings is 1. The number of methoxy groups -OCH3 is 1. The van der Waals surface area contributed by atoms with E-state index in [4.69, 9.17) is 10.5 Å². The molecule has 0 fully saturated rings. The molecular weight excluding hydrogens is 301 g/mol. The highest BCUT2D eigenvalue weighted by molar-refractivity contribution is 9.10. The van der Waals surface area contributed by atoms with Crippen LogP contribution in [-0.2, 0) is 0 Å². The Morgan fingerprint density at radius 2 is 2.17 bits per heavy atom. The van der Waals surface area contributed by atoms with Crippen molar-refractivity contribution in [2.45, 2.75) is 0 Å². The van der Waals surface area contributed by atoms with E-state index in [1.165, 1.54) is 13.2 Å². The van der Waals surface area contributed by atoms with Gasteiger partial charge >= 0.3 is 0 Å². The lowest BCUT2D eigenvalue weighted by molar-refractivity contribution is 0.414. The minimum atomic E-state index is -0.403. The highest BCUT2D eigenvalue weighted by Crippen LogP contribution is 2.27. The summed E-state index contributed by atoms with van der Waals surface area (Å²) in [6, 6.07) is 6.08. The van der Waals surface area contributed by atoms with Gasteiger partial charge in [0.05, 0.1) is 18.5 Å². The average Bonchev–Trinajstić information content (AvgIpc) is 2.35. The minimum Gasteiger partial charge on any atom is -0.497 e. The van der Waals surface area contributed by atoms with Gasteiger partial charge in [-0.2, -0.15) is 0 Å². The van der Waals surface area contributed by atoms with Crippen molar-refractivity contribution in [1.29, 1.82) is 0 Å². The first-order chi connectivity index (χ1) is 8.60. The van der Waals surface area contributed by atoms with Crippen LogP contribution >= 0.6 is 15.9 Å². The van der Waals surface area contributed by atoms with Gasteiger partial charge in [-0.25, -0.2) is 9.37 Å². The second kappa shape index (κ2) is 5.22. The molecule has 0 radical (unpaired) electrons. The van der Waals surface area contributed by atoms with E-state index in [0.717, 1.165) is 4.47 Å². The zero-order valence-electron chi connectivity index (χ0n) is 9.58. The Balaban J connectivity index is 2.33. The van der Waals surface area contributed by atoms with Crippen molar-refractivity contribution in [3.63, 3.8) is 0 Å². The lowest BCUT2D eigenvalue weighted by Crippen LogP contribution is -2.01. The van der Waals surface area contributed by atoms with Crippen LogP contribution in [0.2, 0.25) is 0 Å². The number of nitrogens with one attached hydrogen (secondary N) is 1. The average molecular weight is 312 g/mol. The van der Waals surface area contributed by atoms with Crippen molar-refractivity contribution in [2.75, 3.05) is 18.2 Å². The van der Waals surface area contributed by atoms with Gasteiger partial charge in [-0.15, -0.1) is 0 Å².